The van der Waals surface area contributed by atoms with Gasteiger partial charge in [0.05, 0.1) is 11.4 Å². The van der Waals surface area contributed by atoms with E-state index in [2.05, 4.69) is 12.2 Å². The first-order chi connectivity index (χ1) is 10.5. The predicted molar refractivity (Wildman–Crippen MR) is 87.4 cm³/mol. The highest BCUT2D eigenvalue weighted by Gasteiger charge is 2.41. The van der Waals surface area contributed by atoms with Crippen LogP contribution in [-0.4, -0.2) is 39.0 Å². The molecule has 1 aromatic carbocycles. The van der Waals surface area contributed by atoms with Crippen molar-refractivity contribution in [2.75, 3.05) is 29.8 Å². The summed E-state index contributed by atoms with van der Waals surface area (Å²) in [4.78, 5) is 0. The Labute approximate surface area is 132 Å². The van der Waals surface area contributed by atoms with Crippen molar-refractivity contribution in [1.82, 2.24) is 5.32 Å². The molecular weight excluding hydrogens is 300 g/mol. The van der Waals surface area contributed by atoms with Crippen LogP contribution >= 0.6 is 0 Å². The van der Waals surface area contributed by atoms with E-state index in [0.717, 1.165) is 30.6 Å². The summed E-state index contributed by atoms with van der Waals surface area (Å²) in [6, 6.07) is 7.93. The number of hydrogen-bond acceptors (Lipinski definition) is 4. The first kappa shape index (κ1) is 15.8. The van der Waals surface area contributed by atoms with Gasteiger partial charge >= 0.3 is 0 Å². The van der Waals surface area contributed by atoms with Crippen LogP contribution in [0.1, 0.15) is 37.8 Å². The summed E-state index contributed by atoms with van der Waals surface area (Å²) in [5, 5.41) is 12.8. The van der Waals surface area contributed by atoms with E-state index < -0.39 is 10.0 Å². The van der Waals surface area contributed by atoms with Gasteiger partial charge in [0.2, 0.25) is 10.0 Å². The lowest BCUT2D eigenvalue weighted by Gasteiger charge is -2.20. The van der Waals surface area contributed by atoms with Gasteiger partial charge in [-0.25, -0.2) is 8.42 Å². The SMILES string of the molecule is CC(NCC1(CO)CC1)c1ccc(N2CCCS2(=O)=O)cc1. The quantitative estimate of drug-likeness (QED) is 0.835. The predicted octanol–water partition coefficient (Wildman–Crippen LogP) is 1.65. The maximum absolute atomic E-state index is 11.9. The Morgan fingerprint density at radius 3 is 2.50 bits per heavy atom. The second kappa shape index (κ2) is 5.83. The van der Waals surface area contributed by atoms with Crippen molar-refractivity contribution in [1.29, 1.82) is 0 Å². The minimum Gasteiger partial charge on any atom is -0.396 e. The average Bonchev–Trinajstić information content (AvgIpc) is 3.22. The first-order valence-corrected chi connectivity index (χ1v) is 9.51. The Morgan fingerprint density at radius 1 is 1.32 bits per heavy atom. The van der Waals surface area contributed by atoms with Crippen molar-refractivity contribution in [3.63, 3.8) is 0 Å². The lowest BCUT2D eigenvalue weighted by Crippen LogP contribution is -2.29. The van der Waals surface area contributed by atoms with Crippen LogP contribution in [-0.2, 0) is 10.0 Å². The van der Waals surface area contributed by atoms with Crippen molar-refractivity contribution in [3.8, 4) is 0 Å². The average molecular weight is 324 g/mol. The Kier molecular flexibility index (Phi) is 4.18. The number of aliphatic hydroxyl groups is 1. The highest BCUT2D eigenvalue weighted by molar-refractivity contribution is 7.93. The number of anilines is 1. The monoisotopic (exact) mass is 324 g/mol. The van der Waals surface area contributed by atoms with Gasteiger partial charge in [-0.3, -0.25) is 4.31 Å². The van der Waals surface area contributed by atoms with E-state index >= 15 is 0 Å². The zero-order valence-corrected chi connectivity index (χ0v) is 13.8. The molecule has 0 spiro atoms. The molecule has 1 heterocycles. The number of benzene rings is 1. The minimum atomic E-state index is -3.11. The van der Waals surface area contributed by atoms with Gasteiger partial charge in [0.1, 0.15) is 0 Å². The number of nitrogens with zero attached hydrogens (tertiary/aromatic N) is 1. The molecule has 5 nitrogen and oxygen atoms in total. The largest absolute Gasteiger partial charge is 0.396 e. The lowest BCUT2D eigenvalue weighted by atomic mass is 10.1. The van der Waals surface area contributed by atoms with E-state index in [-0.39, 0.29) is 23.8 Å². The van der Waals surface area contributed by atoms with Gasteiger partial charge in [0, 0.05) is 31.2 Å². The van der Waals surface area contributed by atoms with Crippen LogP contribution < -0.4 is 9.62 Å². The minimum absolute atomic E-state index is 0.0951. The second-order valence-electron chi connectivity index (χ2n) is 6.59. The molecule has 22 heavy (non-hydrogen) atoms. The molecule has 1 aromatic rings. The summed E-state index contributed by atoms with van der Waals surface area (Å²) < 4.78 is 25.3. The topological polar surface area (TPSA) is 69.6 Å². The summed E-state index contributed by atoms with van der Waals surface area (Å²) in [7, 11) is -3.11. The van der Waals surface area contributed by atoms with Crippen molar-refractivity contribution in [2.24, 2.45) is 5.41 Å². The highest BCUT2D eigenvalue weighted by atomic mass is 32.2. The summed E-state index contributed by atoms with van der Waals surface area (Å²) >= 11 is 0. The highest BCUT2D eigenvalue weighted by Crippen LogP contribution is 2.44. The van der Waals surface area contributed by atoms with Gasteiger partial charge in [-0.15, -0.1) is 0 Å². The van der Waals surface area contributed by atoms with Crippen molar-refractivity contribution in [3.05, 3.63) is 29.8 Å². The Balaban J connectivity index is 1.64. The number of hydrogen-bond donors (Lipinski definition) is 2. The number of nitrogens with one attached hydrogen (secondary N) is 1. The second-order valence-corrected chi connectivity index (χ2v) is 8.61. The van der Waals surface area contributed by atoms with Crippen LogP contribution in [0.2, 0.25) is 0 Å². The number of rotatable bonds is 6. The molecule has 2 aliphatic rings. The van der Waals surface area contributed by atoms with Gasteiger partial charge in [0.15, 0.2) is 0 Å². The molecule has 1 aliphatic heterocycles. The molecule has 122 valence electrons. The first-order valence-electron chi connectivity index (χ1n) is 7.90. The van der Waals surface area contributed by atoms with Crippen LogP contribution in [0.5, 0.6) is 0 Å². The Morgan fingerprint density at radius 2 is 2.00 bits per heavy atom. The standard InChI is InChI=1S/C16H24N2O3S/c1-13(17-11-16(12-19)7-8-16)14-3-5-15(6-4-14)18-9-2-10-22(18,20)21/h3-6,13,17,19H,2,7-12H2,1H3. The van der Waals surface area contributed by atoms with Crippen LogP contribution in [0.4, 0.5) is 5.69 Å². The van der Waals surface area contributed by atoms with Gasteiger partial charge in [-0.1, -0.05) is 12.1 Å². The normalized spacial score (nSPS) is 23.5. The fourth-order valence-corrected chi connectivity index (χ4v) is 4.48. The summed E-state index contributed by atoms with van der Waals surface area (Å²) in [6.45, 7) is 3.75. The van der Waals surface area contributed by atoms with Gasteiger partial charge in [0.25, 0.3) is 0 Å². The molecule has 1 saturated carbocycles. The maximum atomic E-state index is 11.9. The molecule has 1 unspecified atom stereocenters. The zero-order chi connectivity index (χ0) is 15.8. The van der Waals surface area contributed by atoms with E-state index in [1.54, 1.807) is 0 Å². The summed E-state index contributed by atoms with van der Waals surface area (Å²) in [5.41, 5.74) is 1.98. The zero-order valence-electron chi connectivity index (χ0n) is 13.0. The molecule has 6 heteroatoms. The summed E-state index contributed by atoms with van der Waals surface area (Å²) in [6.07, 6.45) is 2.88. The molecule has 0 aromatic heterocycles. The van der Waals surface area contributed by atoms with E-state index in [9.17, 15) is 13.5 Å². The van der Waals surface area contributed by atoms with Gasteiger partial charge in [-0.2, -0.15) is 0 Å². The summed E-state index contributed by atoms with van der Waals surface area (Å²) in [5.74, 6) is 0.246. The van der Waals surface area contributed by atoms with Crippen molar-refractivity contribution >= 4 is 15.7 Å². The Hall–Kier alpha value is -1.11. The van der Waals surface area contributed by atoms with E-state index in [1.807, 2.05) is 24.3 Å². The molecule has 0 amide bonds. The molecular formula is C16H24N2O3S. The molecule has 1 atom stereocenters. The molecule has 0 radical (unpaired) electrons. The van der Waals surface area contributed by atoms with Crippen LogP contribution in [0, 0.1) is 5.41 Å². The van der Waals surface area contributed by atoms with E-state index in [0.29, 0.717) is 13.0 Å². The van der Waals surface area contributed by atoms with Crippen LogP contribution in [0.25, 0.3) is 0 Å². The maximum Gasteiger partial charge on any atom is 0.235 e. The third-order valence-electron chi connectivity index (χ3n) is 4.86. The molecule has 0 bridgehead atoms. The lowest BCUT2D eigenvalue weighted by molar-refractivity contribution is 0.204. The van der Waals surface area contributed by atoms with Crippen LogP contribution in [0.3, 0.4) is 0 Å². The number of aliphatic hydroxyl groups excluding tert-OH is 1. The number of sulfonamides is 1. The molecule has 1 aliphatic carbocycles. The van der Waals surface area contributed by atoms with Crippen molar-refractivity contribution in [2.45, 2.75) is 32.2 Å². The third-order valence-corrected chi connectivity index (χ3v) is 6.73. The van der Waals surface area contributed by atoms with Gasteiger partial charge < -0.3 is 10.4 Å². The van der Waals surface area contributed by atoms with Crippen molar-refractivity contribution < 1.29 is 13.5 Å². The van der Waals surface area contributed by atoms with Crippen LogP contribution in [0.15, 0.2) is 24.3 Å². The molecule has 3 rings (SSSR count). The molecule has 1 saturated heterocycles. The molecule has 2 N–H and O–H groups in total. The molecule has 2 fully saturated rings. The van der Waals surface area contributed by atoms with E-state index in [1.165, 1.54) is 4.31 Å². The fraction of sp³-hybridized carbons (Fsp3) is 0.625. The smallest absolute Gasteiger partial charge is 0.235 e. The van der Waals surface area contributed by atoms with E-state index in [4.69, 9.17) is 0 Å². The Bertz CT molecular complexity index is 623. The fourth-order valence-electron chi connectivity index (χ4n) is 2.91. The van der Waals surface area contributed by atoms with Gasteiger partial charge in [-0.05, 0) is 43.9 Å². The third kappa shape index (κ3) is 3.14.